The summed E-state index contributed by atoms with van der Waals surface area (Å²) in [4.78, 5) is 10.8. The number of hydrogen-bond acceptors (Lipinski definition) is 4. The smallest absolute Gasteiger partial charge is 0.243 e. The van der Waals surface area contributed by atoms with Crippen molar-refractivity contribution in [2.75, 3.05) is 13.1 Å². The van der Waals surface area contributed by atoms with Gasteiger partial charge in [0.15, 0.2) is 0 Å². The van der Waals surface area contributed by atoms with Crippen LogP contribution in [-0.2, 0) is 14.8 Å². The molecule has 1 aromatic carbocycles. The van der Waals surface area contributed by atoms with Gasteiger partial charge in [-0.1, -0.05) is 0 Å². The maximum absolute atomic E-state index is 12.3. The summed E-state index contributed by atoms with van der Waals surface area (Å²) < 4.78 is 26.1. The maximum atomic E-state index is 12.3. The van der Waals surface area contributed by atoms with Crippen LogP contribution in [-0.4, -0.2) is 32.1 Å². The van der Waals surface area contributed by atoms with Gasteiger partial charge in [0, 0.05) is 19.0 Å². The van der Waals surface area contributed by atoms with Crippen molar-refractivity contribution in [2.24, 2.45) is 5.92 Å². The summed E-state index contributed by atoms with van der Waals surface area (Å²) in [6, 6.07) is 7.82. The molecule has 0 unspecified atom stereocenters. The average Bonchev–Trinajstić information content (AvgIpc) is 2.47. The van der Waals surface area contributed by atoms with E-state index in [-0.39, 0.29) is 10.8 Å². The number of nitriles is 1. The molecule has 0 radical (unpaired) electrons. The van der Waals surface area contributed by atoms with E-state index < -0.39 is 10.0 Å². The Kier molecular flexibility index (Phi) is 3.98. The topological polar surface area (TPSA) is 78.2 Å². The Morgan fingerprint density at radius 2 is 1.79 bits per heavy atom. The van der Waals surface area contributed by atoms with Crippen molar-refractivity contribution in [3.63, 3.8) is 0 Å². The van der Waals surface area contributed by atoms with E-state index in [1.165, 1.54) is 28.6 Å². The first-order chi connectivity index (χ1) is 9.07. The number of benzene rings is 1. The SMILES string of the molecule is N#Cc1ccc(S(=O)(=O)N2CCC(C=O)CC2)cc1. The van der Waals surface area contributed by atoms with Gasteiger partial charge in [0.05, 0.1) is 16.5 Å². The lowest BCUT2D eigenvalue weighted by Gasteiger charge is -2.28. The van der Waals surface area contributed by atoms with Crippen LogP contribution in [0.4, 0.5) is 0 Å². The fourth-order valence-electron chi connectivity index (χ4n) is 2.10. The van der Waals surface area contributed by atoms with Gasteiger partial charge in [-0.2, -0.15) is 9.57 Å². The van der Waals surface area contributed by atoms with Crippen LogP contribution < -0.4 is 0 Å². The fourth-order valence-corrected chi connectivity index (χ4v) is 3.57. The molecule has 19 heavy (non-hydrogen) atoms. The molecule has 1 fully saturated rings. The number of piperidine rings is 1. The summed E-state index contributed by atoms with van der Waals surface area (Å²) in [5.41, 5.74) is 0.429. The van der Waals surface area contributed by atoms with Crippen molar-refractivity contribution in [3.8, 4) is 6.07 Å². The first kappa shape index (κ1) is 13.7. The Hall–Kier alpha value is -1.71. The highest BCUT2D eigenvalue weighted by molar-refractivity contribution is 7.89. The van der Waals surface area contributed by atoms with Crippen LogP contribution in [0.15, 0.2) is 29.2 Å². The highest BCUT2D eigenvalue weighted by Gasteiger charge is 2.29. The van der Waals surface area contributed by atoms with Gasteiger partial charge >= 0.3 is 0 Å². The zero-order valence-corrected chi connectivity index (χ0v) is 11.1. The molecule has 0 bridgehead atoms. The fraction of sp³-hybridized carbons (Fsp3) is 0.385. The molecule has 0 N–H and O–H groups in total. The summed E-state index contributed by atoms with van der Waals surface area (Å²) >= 11 is 0. The van der Waals surface area contributed by atoms with Crippen LogP contribution >= 0.6 is 0 Å². The summed E-state index contributed by atoms with van der Waals surface area (Å²) in [6.45, 7) is 0.734. The first-order valence-corrected chi connectivity index (χ1v) is 7.47. The highest BCUT2D eigenvalue weighted by atomic mass is 32.2. The number of rotatable bonds is 3. The highest BCUT2D eigenvalue weighted by Crippen LogP contribution is 2.22. The first-order valence-electron chi connectivity index (χ1n) is 6.03. The Balaban J connectivity index is 2.18. The molecule has 0 spiro atoms. The van der Waals surface area contributed by atoms with E-state index in [0.717, 1.165) is 6.29 Å². The molecule has 0 aromatic heterocycles. The molecular formula is C13H14N2O3S. The third-order valence-corrected chi connectivity index (χ3v) is 5.23. The van der Waals surface area contributed by atoms with Crippen molar-refractivity contribution < 1.29 is 13.2 Å². The number of carbonyl (C=O) groups excluding carboxylic acids is 1. The summed E-state index contributed by atoms with van der Waals surface area (Å²) in [5, 5.41) is 8.69. The molecule has 5 nitrogen and oxygen atoms in total. The molecule has 100 valence electrons. The van der Waals surface area contributed by atoms with E-state index in [4.69, 9.17) is 5.26 Å². The van der Waals surface area contributed by atoms with Gasteiger partial charge in [-0.05, 0) is 37.1 Å². The molecule has 0 saturated carbocycles. The maximum Gasteiger partial charge on any atom is 0.243 e. The predicted octanol–water partition coefficient (Wildman–Crippen LogP) is 1.16. The van der Waals surface area contributed by atoms with Crippen LogP contribution in [0.2, 0.25) is 0 Å². The summed E-state index contributed by atoms with van der Waals surface area (Å²) in [6.07, 6.45) is 2.03. The molecule has 0 atom stereocenters. The van der Waals surface area contributed by atoms with E-state index in [2.05, 4.69) is 0 Å². The number of nitrogens with zero attached hydrogens (tertiary/aromatic N) is 2. The van der Waals surface area contributed by atoms with Crippen LogP contribution in [0.1, 0.15) is 18.4 Å². The number of aldehydes is 1. The molecule has 1 saturated heterocycles. The van der Waals surface area contributed by atoms with E-state index in [0.29, 0.717) is 31.5 Å². The Morgan fingerprint density at radius 3 is 2.26 bits per heavy atom. The second-order valence-corrected chi connectivity index (χ2v) is 6.45. The lowest BCUT2D eigenvalue weighted by molar-refractivity contribution is -0.112. The quantitative estimate of drug-likeness (QED) is 0.777. The number of carbonyl (C=O) groups is 1. The van der Waals surface area contributed by atoms with Crippen molar-refractivity contribution in [1.29, 1.82) is 5.26 Å². The van der Waals surface area contributed by atoms with Crippen molar-refractivity contribution >= 4 is 16.3 Å². The zero-order valence-electron chi connectivity index (χ0n) is 10.3. The van der Waals surface area contributed by atoms with Crippen LogP contribution in [0.5, 0.6) is 0 Å². The molecule has 1 aromatic rings. The summed E-state index contributed by atoms with van der Waals surface area (Å²) in [5.74, 6) is -0.0348. The van der Waals surface area contributed by atoms with Gasteiger partial charge in [0.2, 0.25) is 10.0 Å². The molecule has 2 rings (SSSR count). The molecular weight excluding hydrogens is 264 g/mol. The Morgan fingerprint density at radius 1 is 1.21 bits per heavy atom. The third kappa shape index (κ3) is 2.83. The average molecular weight is 278 g/mol. The summed E-state index contributed by atoms with van der Waals surface area (Å²) in [7, 11) is -3.51. The van der Waals surface area contributed by atoms with Crippen molar-refractivity contribution in [3.05, 3.63) is 29.8 Å². The monoisotopic (exact) mass is 278 g/mol. The number of hydrogen-bond donors (Lipinski definition) is 0. The lowest BCUT2D eigenvalue weighted by Crippen LogP contribution is -2.38. The standard InChI is InChI=1S/C13H14N2O3S/c14-9-11-1-3-13(4-2-11)19(17,18)15-7-5-12(10-16)6-8-15/h1-4,10,12H,5-8H2. The molecule has 6 heteroatoms. The van der Waals surface area contributed by atoms with E-state index in [1.807, 2.05) is 6.07 Å². The van der Waals surface area contributed by atoms with E-state index in [9.17, 15) is 13.2 Å². The Labute approximate surface area is 112 Å². The minimum absolute atomic E-state index is 0.0348. The molecule has 1 aliphatic heterocycles. The predicted molar refractivity (Wildman–Crippen MR) is 68.7 cm³/mol. The largest absolute Gasteiger partial charge is 0.303 e. The molecule has 0 amide bonds. The molecule has 0 aliphatic carbocycles. The van der Waals surface area contributed by atoms with Gasteiger partial charge in [0.1, 0.15) is 6.29 Å². The normalized spacial score (nSPS) is 17.8. The number of sulfonamides is 1. The van der Waals surface area contributed by atoms with Gasteiger partial charge in [-0.3, -0.25) is 0 Å². The second kappa shape index (κ2) is 5.51. The van der Waals surface area contributed by atoms with Crippen molar-refractivity contribution in [1.82, 2.24) is 4.31 Å². The van der Waals surface area contributed by atoms with Gasteiger partial charge in [0.25, 0.3) is 0 Å². The molecule has 1 heterocycles. The van der Waals surface area contributed by atoms with Gasteiger partial charge in [-0.25, -0.2) is 8.42 Å². The van der Waals surface area contributed by atoms with Gasteiger partial charge in [-0.15, -0.1) is 0 Å². The minimum Gasteiger partial charge on any atom is -0.303 e. The van der Waals surface area contributed by atoms with E-state index >= 15 is 0 Å². The van der Waals surface area contributed by atoms with E-state index in [1.54, 1.807) is 0 Å². The van der Waals surface area contributed by atoms with Crippen LogP contribution in [0.25, 0.3) is 0 Å². The van der Waals surface area contributed by atoms with Gasteiger partial charge < -0.3 is 4.79 Å². The molecule has 1 aliphatic rings. The second-order valence-electron chi connectivity index (χ2n) is 4.51. The lowest BCUT2D eigenvalue weighted by atomic mass is 10.0. The van der Waals surface area contributed by atoms with Crippen LogP contribution in [0.3, 0.4) is 0 Å². The van der Waals surface area contributed by atoms with Crippen molar-refractivity contribution in [2.45, 2.75) is 17.7 Å². The zero-order chi connectivity index (χ0) is 13.9. The Bertz CT molecular complexity index is 594. The van der Waals surface area contributed by atoms with Crippen LogP contribution in [0, 0.1) is 17.2 Å². The minimum atomic E-state index is -3.51. The third-order valence-electron chi connectivity index (χ3n) is 3.31.